The molecular formula is C15H16ClNO2. The summed E-state index contributed by atoms with van der Waals surface area (Å²) >= 11 is 0. The van der Waals surface area contributed by atoms with Gasteiger partial charge in [0.1, 0.15) is 5.75 Å². The lowest BCUT2D eigenvalue weighted by molar-refractivity contribution is -0.134. The smallest absolute Gasteiger partial charge is 0.311 e. The second kappa shape index (κ2) is 7.44. The maximum atomic E-state index is 11.6. The van der Waals surface area contributed by atoms with Gasteiger partial charge >= 0.3 is 5.97 Å². The lowest BCUT2D eigenvalue weighted by Gasteiger charge is -2.04. The van der Waals surface area contributed by atoms with Crippen molar-refractivity contribution >= 4 is 24.1 Å². The van der Waals surface area contributed by atoms with Crippen LogP contribution >= 0.6 is 12.4 Å². The number of hydrogen-bond acceptors (Lipinski definition) is 3. The average molecular weight is 278 g/mol. The molecule has 0 fully saturated rings. The van der Waals surface area contributed by atoms with Crippen molar-refractivity contribution in [1.29, 1.82) is 0 Å². The van der Waals surface area contributed by atoms with Gasteiger partial charge in [-0.05, 0) is 36.2 Å². The van der Waals surface area contributed by atoms with Gasteiger partial charge in [-0.25, -0.2) is 0 Å². The molecule has 0 saturated heterocycles. The Hall–Kier alpha value is -2.00. The highest BCUT2D eigenvalue weighted by Crippen LogP contribution is 2.11. The van der Waals surface area contributed by atoms with Crippen LogP contribution in [0.15, 0.2) is 54.6 Å². The number of anilines is 1. The van der Waals surface area contributed by atoms with E-state index in [0.717, 1.165) is 11.3 Å². The molecule has 2 N–H and O–H groups in total. The number of benzene rings is 2. The van der Waals surface area contributed by atoms with E-state index in [1.165, 1.54) is 0 Å². The van der Waals surface area contributed by atoms with E-state index in [1.807, 2.05) is 42.5 Å². The first-order valence-electron chi connectivity index (χ1n) is 5.84. The second-order valence-corrected chi connectivity index (χ2v) is 4.03. The predicted octanol–water partition coefficient (Wildman–Crippen LogP) is 3.23. The van der Waals surface area contributed by atoms with Crippen LogP contribution in [-0.2, 0) is 11.2 Å². The van der Waals surface area contributed by atoms with E-state index in [9.17, 15) is 4.79 Å². The molecule has 0 spiro atoms. The monoisotopic (exact) mass is 277 g/mol. The SMILES string of the molecule is Cl.Nc1ccc(CCC(=O)Oc2ccccc2)cc1. The van der Waals surface area contributed by atoms with Crippen LogP contribution in [-0.4, -0.2) is 5.97 Å². The summed E-state index contributed by atoms with van der Waals surface area (Å²) in [7, 11) is 0. The van der Waals surface area contributed by atoms with E-state index >= 15 is 0 Å². The highest BCUT2D eigenvalue weighted by Gasteiger charge is 2.04. The second-order valence-electron chi connectivity index (χ2n) is 4.03. The number of rotatable bonds is 4. The lowest BCUT2D eigenvalue weighted by Crippen LogP contribution is -2.08. The third kappa shape index (κ3) is 5.02. The quantitative estimate of drug-likeness (QED) is 0.530. The highest BCUT2D eigenvalue weighted by atomic mass is 35.5. The predicted molar refractivity (Wildman–Crippen MR) is 78.5 cm³/mol. The van der Waals surface area contributed by atoms with Gasteiger partial charge in [0.2, 0.25) is 0 Å². The number of hydrogen-bond donors (Lipinski definition) is 1. The van der Waals surface area contributed by atoms with Crippen molar-refractivity contribution in [1.82, 2.24) is 0 Å². The number of nitrogen functional groups attached to an aromatic ring is 1. The molecule has 3 nitrogen and oxygen atoms in total. The molecule has 0 bridgehead atoms. The normalized spacial score (nSPS) is 9.47. The largest absolute Gasteiger partial charge is 0.427 e. The molecule has 2 aromatic carbocycles. The topological polar surface area (TPSA) is 52.3 Å². The summed E-state index contributed by atoms with van der Waals surface area (Å²) in [5, 5.41) is 0. The van der Waals surface area contributed by atoms with Crippen molar-refractivity contribution in [2.45, 2.75) is 12.8 Å². The minimum absolute atomic E-state index is 0. The van der Waals surface area contributed by atoms with Crippen LogP contribution in [0.5, 0.6) is 5.75 Å². The van der Waals surface area contributed by atoms with Crippen LogP contribution in [0.25, 0.3) is 0 Å². The van der Waals surface area contributed by atoms with Gasteiger partial charge in [0.05, 0.1) is 0 Å². The zero-order chi connectivity index (χ0) is 12.8. The number of ether oxygens (including phenoxy) is 1. The minimum atomic E-state index is -0.224. The van der Waals surface area contributed by atoms with Gasteiger partial charge < -0.3 is 10.5 Å². The number of esters is 1. The lowest BCUT2D eigenvalue weighted by atomic mass is 10.1. The van der Waals surface area contributed by atoms with Crippen molar-refractivity contribution in [2.75, 3.05) is 5.73 Å². The number of para-hydroxylation sites is 1. The molecule has 4 heteroatoms. The molecular weight excluding hydrogens is 262 g/mol. The van der Waals surface area contributed by atoms with Gasteiger partial charge in [-0.2, -0.15) is 0 Å². The fraction of sp³-hybridized carbons (Fsp3) is 0.133. The molecule has 0 saturated carbocycles. The number of aryl methyl sites for hydroxylation is 1. The Morgan fingerprint density at radius 2 is 1.63 bits per heavy atom. The summed E-state index contributed by atoms with van der Waals surface area (Å²) in [6, 6.07) is 16.6. The molecule has 19 heavy (non-hydrogen) atoms. The van der Waals surface area contributed by atoms with Crippen LogP contribution in [0, 0.1) is 0 Å². The third-order valence-corrected chi connectivity index (χ3v) is 2.57. The first-order chi connectivity index (χ1) is 8.74. The summed E-state index contributed by atoms with van der Waals surface area (Å²) in [6.45, 7) is 0. The highest BCUT2D eigenvalue weighted by molar-refractivity contribution is 5.85. The average Bonchev–Trinajstić information content (AvgIpc) is 2.39. The fourth-order valence-corrected chi connectivity index (χ4v) is 1.60. The van der Waals surface area contributed by atoms with E-state index in [-0.39, 0.29) is 18.4 Å². The van der Waals surface area contributed by atoms with Crippen LogP contribution in [0.4, 0.5) is 5.69 Å². The zero-order valence-corrected chi connectivity index (χ0v) is 11.2. The van der Waals surface area contributed by atoms with Gasteiger partial charge in [0.15, 0.2) is 0 Å². The number of halogens is 1. The van der Waals surface area contributed by atoms with Crippen molar-refractivity contribution in [3.63, 3.8) is 0 Å². The van der Waals surface area contributed by atoms with Gasteiger partial charge in [-0.15, -0.1) is 12.4 Å². The molecule has 0 amide bonds. The third-order valence-electron chi connectivity index (χ3n) is 2.57. The van der Waals surface area contributed by atoms with Gasteiger partial charge in [-0.1, -0.05) is 30.3 Å². The Morgan fingerprint density at radius 1 is 1.00 bits per heavy atom. The van der Waals surface area contributed by atoms with E-state index in [1.54, 1.807) is 12.1 Å². The Bertz CT molecular complexity index is 511. The van der Waals surface area contributed by atoms with Crippen molar-refractivity contribution in [2.24, 2.45) is 0 Å². The molecule has 0 aromatic heterocycles. The van der Waals surface area contributed by atoms with Crippen LogP contribution in [0.2, 0.25) is 0 Å². The Morgan fingerprint density at radius 3 is 2.26 bits per heavy atom. The Labute approximate surface area is 118 Å². The maximum absolute atomic E-state index is 11.6. The molecule has 0 radical (unpaired) electrons. The molecule has 0 heterocycles. The zero-order valence-electron chi connectivity index (χ0n) is 10.4. The van der Waals surface area contributed by atoms with Gasteiger partial charge in [0.25, 0.3) is 0 Å². The Balaban J connectivity index is 0.00000180. The van der Waals surface area contributed by atoms with E-state index < -0.39 is 0 Å². The number of nitrogens with two attached hydrogens (primary N) is 1. The summed E-state index contributed by atoms with van der Waals surface area (Å²) in [5.74, 6) is 0.359. The summed E-state index contributed by atoms with van der Waals surface area (Å²) in [5.41, 5.74) is 7.40. The summed E-state index contributed by atoms with van der Waals surface area (Å²) in [4.78, 5) is 11.6. The van der Waals surface area contributed by atoms with E-state index in [0.29, 0.717) is 18.6 Å². The molecule has 2 rings (SSSR count). The molecule has 2 aromatic rings. The maximum Gasteiger partial charge on any atom is 0.311 e. The fourth-order valence-electron chi connectivity index (χ4n) is 1.60. The molecule has 0 atom stereocenters. The number of carbonyl (C=O) groups is 1. The molecule has 0 aliphatic rings. The van der Waals surface area contributed by atoms with Crippen LogP contribution in [0.1, 0.15) is 12.0 Å². The van der Waals surface area contributed by atoms with E-state index in [2.05, 4.69) is 0 Å². The van der Waals surface area contributed by atoms with Gasteiger partial charge in [0, 0.05) is 12.1 Å². The summed E-state index contributed by atoms with van der Waals surface area (Å²) in [6.07, 6.45) is 1.02. The molecule has 0 aliphatic heterocycles. The van der Waals surface area contributed by atoms with E-state index in [4.69, 9.17) is 10.5 Å². The summed E-state index contributed by atoms with van der Waals surface area (Å²) < 4.78 is 5.20. The number of carbonyl (C=O) groups excluding carboxylic acids is 1. The molecule has 0 aliphatic carbocycles. The Kier molecular flexibility index (Phi) is 5.90. The standard InChI is InChI=1S/C15H15NO2.ClH/c16-13-9-6-12(7-10-13)8-11-15(17)18-14-4-2-1-3-5-14;/h1-7,9-10H,8,11,16H2;1H. The van der Waals surface area contributed by atoms with Crippen molar-refractivity contribution < 1.29 is 9.53 Å². The van der Waals surface area contributed by atoms with Crippen molar-refractivity contribution in [3.8, 4) is 5.75 Å². The molecule has 0 unspecified atom stereocenters. The first-order valence-corrected chi connectivity index (χ1v) is 5.84. The minimum Gasteiger partial charge on any atom is -0.427 e. The van der Waals surface area contributed by atoms with Gasteiger partial charge in [-0.3, -0.25) is 4.79 Å². The van der Waals surface area contributed by atoms with Crippen molar-refractivity contribution in [3.05, 3.63) is 60.2 Å². The molecule has 100 valence electrons. The van der Waals surface area contributed by atoms with Crippen LogP contribution < -0.4 is 10.5 Å². The van der Waals surface area contributed by atoms with Crippen LogP contribution in [0.3, 0.4) is 0 Å². The first kappa shape index (κ1) is 15.1.